The fourth-order valence-corrected chi connectivity index (χ4v) is 17.0. The summed E-state index contributed by atoms with van der Waals surface area (Å²) in [7, 11) is 2.33. The summed E-state index contributed by atoms with van der Waals surface area (Å²) < 4.78 is 14.0. The van der Waals surface area contributed by atoms with Gasteiger partial charge in [-0.3, -0.25) is 0 Å². The minimum Gasteiger partial charge on any atom is -0.455 e. The van der Waals surface area contributed by atoms with Crippen LogP contribution >= 0.6 is 0 Å². The lowest BCUT2D eigenvalue weighted by atomic mass is 9.33. The van der Waals surface area contributed by atoms with Crippen LogP contribution in [0.1, 0.15) is 26.7 Å². The Morgan fingerprint density at radius 2 is 0.705 bits per heavy atom. The molecule has 0 radical (unpaired) electrons. The molecule has 17 aromatic rings. The van der Waals surface area contributed by atoms with Crippen molar-refractivity contribution in [1.82, 2.24) is 0 Å². The number of hydrogen-bond donors (Lipinski definition) is 0. The summed E-state index contributed by atoms with van der Waals surface area (Å²) in [6, 6.07) is 126. The van der Waals surface area contributed by atoms with E-state index < -0.39 is 0 Å². The highest BCUT2D eigenvalue weighted by molar-refractivity contribution is 7.00. The highest BCUT2D eigenvalue weighted by Crippen LogP contribution is 2.56. The van der Waals surface area contributed by atoms with Crippen molar-refractivity contribution < 1.29 is 8.83 Å². The van der Waals surface area contributed by atoms with Gasteiger partial charge in [0.1, 0.15) is 22.3 Å². The molecule has 15 aromatic carbocycles. The molecule has 0 amide bonds. The Labute approximate surface area is 613 Å². The first-order valence-electron chi connectivity index (χ1n) is 36.8. The van der Waals surface area contributed by atoms with E-state index in [1.54, 1.807) is 0 Å². The predicted molar refractivity (Wildman–Crippen MR) is 445 cm³/mol. The minimum absolute atomic E-state index is 0.162. The van der Waals surface area contributed by atoms with Crippen LogP contribution < -0.4 is 31.1 Å². The molecule has 4 heterocycles. The topological polar surface area (TPSA) is 36.0 Å². The number of rotatable bonds is 16. The fourth-order valence-electron chi connectivity index (χ4n) is 17.0. The Hall–Kier alpha value is -12.9. The van der Waals surface area contributed by atoms with Gasteiger partial charge in [0.25, 0.3) is 6.71 Å². The molecule has 6 heteroatoms. The first-order chi connectivity index (χ1) is 51.8. The van der Waals surface area contributed by atoms with Crippen molar-refractivity contribution in [2.75, 3.05) is 21.7 Å². The van der Waals surface area contributed by atoms with Gasteiger partial charge in [-0.2, -0.15) is 0 Å². The Morgan fingerprint density at radius 3 is 1.08 bits per heavy atom. The maximum atomic E-state index is 7.02. The molecule has 0 saturated carbocycles. The molecule has 2 aliphatic rings. The van der Waals surface area contributed by atoms with Gasteiger partial charge in [-0.1, -0.05) is 299 Å². The molecule has 105 heavy (non-hydrogen) atoms. The van der Waals surface area contributed by atoms with Gasteiger partial charge >= 0.3 is 0 Å². The van der Waals surface area contributed by atoms with E-state index in [4.69, 9.17) is 8.83 Å². The van der Waals surface area contributed by atoms with Gasteiger partial charge in [-0.05, 0) is 151 Å². The Morgan fingerprint density at radius 1 is 0.352 bits per heavy atom. The number of allylic oxidation sites excluding steroid dienone is 1. The van der Waals surface area contributed by atoms with Crippen LogP contribution in [-0.4, -0.2) is 19.8 Å². The quantitative estimate of drug-likeness (QED) is 0.0712. The summed E-state index contributed by atoms with van der Waals surface area (Å²) in [6.07, 6.45) is 3.98. The molecule has 0 spiro atoms. The van der Waals surface area contributed by atoms with Crippen LogP contribution in [-0.2, 0) is 0 Å². The average Bonchev–Trinajstić information content (AvgIpc) is 1.19. The zero-order valence-corrected chi connectivity index (χ0v) is 58.9. The molecular weight excluding hydrogens is 1270 g/mol. The average molecular weight is 1350 g/mol. The summed E-state index contributed by atoms with van der Waals surface area (Å²) >= 11 is 0. The number of fused-ring (bicyclic) bond motifs is 10. The van der Waals surface area contributed by atoms with Crippen LogP contribution in [0, 0.1) is 5.92 Å². The summed E-state index contributed by atoms with van der Waals surface area (Å²) in [5, 5.41) is 4.36. The molecule has 500 valence electrons. The van der Waals surface area contributed by atoms with Crippen LogP contribution in [0.3, 0.4) is 0 Å². The van der Waals surface area contributed by atoms with Gasteiger partial charge < -0.3 is 23.5 Å². The highest BCUT2D eigenvalue weighted by Gasteiger charge is 2.46. The van der Waals surface area contributed by atoms with E-state index in [0.29, 0.717) is 0 Å². The molecule has 5 nitrogen and oxygen atoms in total. The van der Waals surface area contributed by atoms with Crippen molar-refractivity contribution in [3.8, 4) is 89.0 Å². The van der Waals surface area contributed by atoms with Gasteiger partial charge in [0.15, 0.2) is 0 Å². The van der Waals surface area contributed by atoms with Crippen molar-refractivity contribution in [2.45, 2.75) is 32.7 Å². The number of benzene rings is 15. The molecule has 0 bridgehead atoms. The zero-order valence-electron chi connectivity index (χ0n) is 58.9. The van der Waals surface area contributed by atoms with Crippen LogP contribution in [0.25, 0.3) is 133 Å². The fraction of sp³-hybridized carbons (Fsp3) is 0.0707. The SMILES string of the molecule is C=CC(C)CC(CC)N(C)c1cc2c3c(c1)N(c1c(-c4ccccc4)cc(-c4ccccc4)cc1-c1ccccc1)c1ccc(-c4cccc5c4oc4ccccc45)cc1B3c1cc(-c3cccc4c3oc3ccccc34)ccc1N2c1c(-c2ccccc2)cc(-c2ccccc2)cc1-c1ccccc1. The van der Waals surface area contributed by atoms with E-state index in [9.17, 15) is 0 Å². The molecule has 0 fully saturated rings. The summed E-state index contributed by atoms with van der Waals surface area (Å²) in [5.41, 5.74) is 32.2. The molecule has 0 saturated heterocycles. The van der Waals surface area contributed by atoms with E-state index in [1.807, 2.05) is 0 Å². The van der Waals surface area contributed by atoms with Gasteiger partial charge in [-0.15, -0.1) is 6.58 Å². The Bertz CT molecular complexity index is 5710. The number of hydrogen-bond acceptors (Lipinski definition) is 5. The normalized spacial score (nSPS) is 12.9. The van der Waals surface area contributed by atoms with E-state index >= 15 is 0 Å². The lowest BCUT2D eigenvalue weighted by Crippen LogP contribution is -2.61. The van der Waals surface area contributed by atoms with Crippen LogP contribution in [0.5, 0.6) is 0 Å². The Kier molecular flexibility index (Phi) is 15.7. The van der Waals surface area contributed by atoms with Crippen molar-refractivity contribution in [3.63, 3.8) is 0 Å². The number of nitrogens with zero attached hydrogens (tertiary/aromatic N) is 3. The second kappa shape index (κ2) is 26.2. The molecule has 19 rings (SSSR count). The first-order valence-corrected chi connectivity index (χ1v) is 36.8. The molecule has 0 aliphatic carbocycles. The lowest BCUT2D eigenvalue weighted by Gasteiger charge is -2.46. The third-order valence-corrected chi connectivity index (χ3v) is 22.2. The summed E-state index contributed by atoms with van der Waals surface area (Å²) in [4.78, 5) is 7.93. The zero-order chi connectivity index (χ0) is 70.2. The third kappa shape index (κ3) is 10.8. The predicted octanol–water partition coefficient (Wildman–Crippen LogP) is 25.3. The summed E-state index contributed by atoms with van der Waals surface area (Å²) in [6.45, 7) is 8.64. The van der Waals surface area contributed by atoms with Gasteiger partial charge in [0, 0.05) is 96.5 Å². The third-order valence-electron chi connectivity index (χ3n) is 22.2. The first kappa shape index (κ1) is 63.1. The van der Waals surface area contributed by atoms with Crippen molar-refractivity contribution >= 4 is 107 Å². The number of furan rings is 2. The standard InChI is InChI=1S/C99H74BN3O2/c1-5-64(3)55-75(6-2)101(4)76-62-91-95-92(63-76)103(97-85(69-39-21-11-22-40-69)58-74(66-33-15-8-16-34-66)59-86(97)70-41-23-12-24-42-70)90-54-52-72(78-46-30-48-82-80-44-26-28-50-94(80)105-99(78)82)61-88(90)100(95)87-60-71(77-45-29-47-81-79-43-25-27-49-93(79)104-98(77)81)51-53-89(87)102(91)96-83(67-35-17-9-18-36-67)56-73(65-31-13-7-14-32-65)57-84(96)68-37-19-10-20-38-68/h5,7-54,56-64,75H,1,6,55H2,2-4H3. The molecule has 0 N–H and O–H groups in total. The smallest absolute Gasteiger partial charge is 0.252 e. The minimum atomic E-state index is -0.354. The molecule has 2 aromatic heterocycles. The van der Waals surface area contributed by atoms with E-state index in [1.165, 1.54) is 5.46 Å². The van der Waals surface area contributed by atoms with Gasteiger partial charge in [0.05, 0.1) is 11.4 Å². The molecule has 2 aliphatic heterocycles. The second-order valence-corrected chi connectivity index (χ2v) is 28.3. The van der Waals surface area contributed by atoms with Crippen LogP contribution in [0.15, 0.2) is 361 Å². The lowest BCUT2D eigenvalue weighted by molar-refractivity contribution is 0.499. The molecule has 2 unspecified atom stereocenters. The van der Waals surface area contributed by atoms with Crippen molar-refractivity contribution in [3.05, 3.63) is 352 Å². The maximum Gasteiger partial charge on any atom is 0.252 e. The van der Waals surface area contributed by atoms with Crippen LogP contribution in [0.4, 0.5) is 39.8 Å². The molecule has 2 atom stereocenters. The second-order valence-electron chi connectivity index (χ2n) is 28.3. The van der Waals surface area contributed by atoms with E-state index in [0.717, 1.165) is 196 Å². The van der Waals surface area contributed by atoms with E-state index in [2.05, 4.69) is 388 Å². The molecular formula is C99H74BN3O2. The van der Waals surface area contributed by atoms with Gasteiger partial charge in [-0.25, -0.2) is 0 Å². The van der Waals surface area contributed by atoms with Crippen molar-refractivity contribution in [1.29, 1.82) is 0 Å². The van der Waals surface area contributed by atoms with Crippen LogP contribution in [0.2, 0.25) is 0 Å². The Balaban J connectivity index is 1.00. The largest absolute Gasteiger partial charge is 0.455 e. The monoisotopic (exact) mass is 1350 g/mol. The number of anilines is 7. The van der Waals surface area contributed by atoms with Crippen molar-refractivity contribution in [2.24, 2.45) is 5.92 Å². The number of para-hydroxylation sites is 4. The van der Waals surface area contributed by atoms with Gasteiger partial charge in [0.2, 0.25) is 0 Å². The maximum absolute atomic E-state index is 7.02. The van der Waals surface area contributed by atoms with E-state index in [-0.39, 0.29) is 18.7 Å². The highest BCUT2D eigenvalue weighted by atomic mass is 16.3. The summed E-state index contributed by atoms with van der Waals surface area (Å²) in [5.74, 6) is 0.277.